The van der Waals surface area contributed by atoms with Crippen LogP contribution >= 0.6 is 24.0 Å². The first-order valence-corrected chi connectivity index (χ1v) is 10.1. The molecule has 1 heterocycles. The van der Waals surface area contributed by atoms with E-state index in [1.807, 2.05) is 18.2 Å². The van der Waals surface area contributed by atoms with Crippen LogP contribution in [-0.2, 0) is 12.0 Å². The molecule has 0 saturated carbocycles. The molecule has 1 atom stereocenters. The van der Waals surface area contributed by atoms with Gasteiger partial charge in [0.2, 0.25) is 5.89 Å². The molecule has 0 spiro atoms. The van der Waals surface area contributed by atoms with Gasteiger partial charge in [0, 0.05) is 30.2 Å². The van der Waals surface area contributed by atoms with Gasteiger partial charge in [-0.3, -0.25) is 0 Å². The summed E-state index contributed by atoms with van der Waals surface area (Å²) < 4.78 is 5.83. The first-order valence-electron chi connectivity index (χ1n) is 10.1. The van der Waals surface area contributed by atoms with Crippen molar-refractivity contribution in [3.8, 4) is 0 Å². The van der Waals surface area contributed by atoms with E-state index < -0.39 is 0 Å². The third kappa shape index (κ3) is 8.64. The highest BCUT2D eigenvalue weighted by Gasteiger charge is 2.19. The van der Waals surface area contributed by atoms with Gasteiger partial charge in [-0.25, -0.2) is 9.98 Å². The molecule has 0 aliphatic rings. The van der Waals surface area contributed by atoms with Crippen molar-refractivity contribution in [3.63, 3.8) is 0 Å². The second-order valence-electron chi connectivity index (χ2n) is 8.31. The van der Waals surface area contributed by atoms with Crippen molar-refractivity contribution >= 4 is 35.6 Å². The van der Waals surface area contributed by atoms with E-state index in [-0.39, 0.29) is 35.4 Å². The molecule has 0 aliphatic heterocycles. The number of rotatable bonds is 8. The van der Waals surface area contributed by atoms with E-state index in [2.05, 4.69) is 79.6 Å². The van der Waals surface area contributed by atoms with Crippen LogP contribution in [0.5, 0.6) is 0 Å². The zero-order valence-electron chi connectivity index (χ0n) is 18.5. The molecule has 0 saturated heterocycles. The Morgan fingerprint density at radius 1 is 1.14 bits per heavy atom. The van der Waals surface area contributed by atoms with Crippen molar-refractivity contribution in [2.75, 3.05) is 18.4 Å². The number of oxazole rings is 1. The van der Waals surface area contributed by atoms with E-state index in [1.165, 1.54) is 0 Å². The lowest BCUT2D eigenvalue weighted by molar-refractivity contribution is 0.383. The molecule has 1 unspecified atom stereocenters. The van der Waals surface area contributed by atoms with Gasteiger partial charge in [-0.05, 0) is 25.0 Å². The number of halogens is 1. The summed E-state index contributed by atoms with van der Waals surface area (Å²) in [6.45, 7) is 14.8. The maximum Gasteiger partial charge on any atom is 0.216 e. The predicted molar refractivity (Wildman–Crippen MR) is 132 cm³/mol. The maximum absolute atomic E-state index is 5.83. The standard InChI is InChI=1S/C22H35N5O.HI/c1-7-23-21(26-15-20-24-14-19(28-20)22(4,5)6)25-13-18(16(2)3)27-17-11-9-8-10-12-17;/h8-12,14,16,18,27H,7,13,15H2,1-6H3,(H2,23,25,26);1H. The zero-order valence-corrected chi connectivity index (χ0v) is 20.8. The van der Waals surface area contributed by atoms with Gasteiger partial charge < -0.3 is 20.4 Å². The van der Waals surface area contributed by atoms with Gasteiger partial charge in [-0.15, -0.1) is 24.0 Å². The lowest BCUT2D eigenvalue weighted by Crippen LogP contribution is -2.44. The Bertz CT molecular complexity index is 737. The molecule has 0 aliphatic carbocycles. The van der Waals surface area contributed by atoms with Gasteiger partial charge in [-0.1, -0.05) is 52.8 Å². The van der Waals surface area contributed by atoms with Gasteiger partial charge in [0.25, 0.3) is 0 Å². The Morgan fingerprint density at radius 3 is 2.38 bits per heavy atom. The summed E-state index contributed by atoms with van der Waals surface area (Å²) in [6, 6.07) is 10.6. The Morgan fingerprint density at radius 2 is 1.83 bits per heavy atom. The Hall–Kier alpha value is -1.77. The first kappa shape index (κ1) is 25.3. The zero-order chi connectivity index (χ0) is 20.6. The first-order chi connectivity index (χ1) is 13.3. The van der Waals surface area contributed by atoms with Gasteiger partial charge in [0.05, 0.1) is 6.20 Å². The quantitative estimate of drug-likeness (QED) is 0.269. The number of guanidine groups is 1. The number of nitrogens with zero attached hydrogens (tertiary/aromatic N) is 2. The van der Waals surface area contributed by atoms with E-state index in [0.29, 0.717) is 18.4 Å². The van der Waals surface area contributed by atoms with E-state index in [4.69, 9.17) is 4.42 Å². The molecule has 3 N–H and O–H groups in total. The average molecular weight is 513 g/mol. The molecule has 7 heteroatoms. The summed E-state index contributed by atoms with van der Waals surface area (Å²) >= 11 is 0. The summed E-state index contributed by atoms with van der Waals surface area (Å²) in [5.41, 5.74) is 1.07. The fourth-order valence-electron chi connectivity index (χ4n) is 2.63. The second kappa shape index (κ2) is 12.0. The number of hydrogen-bond acceptors (Lipinski definition) is 4. The molecule has 1 aromatic heterocycles. The van der Waals surface area contributed by atoms with Crippen LogP contribution in [0.15, 0.2) is 45.9 Å². The van der Waals surface area contributed by atoms with Crippen molar-refractivity contribution in [1.82, 2.24) is 15.6 Å². The highest BCUT2D eigenvalue weighted by atomic mass is 127. The minimum absolute atomic E-state index is 0. The summed E-state index contributed by atoms with van der Waals surface area (Å²) in [5, 5.41) is 10.3. The Kier molecular flexibility index (Phi) is 10.5. The molecule has 1 aromatic carbocycles. The van der Waals surface area contributed by atoms with Crippen LogP contribution in [0, 0.1) is 5.92 Å². The minimum atomic E-state index is -0.0503. The van der Waals surface area contributed by atoms with Crippen molar-refractivity contribution in [3.05, 3.63) is 48.2 Å². The molecule has 162 valence electrons. The molecule has 2 rings (SSSR count). The van der Waals surface area contributed by atoms with Crippen LogP contribution < -0.4 is 16.0 Å². The number of benzene rings is 1. The molecule has 6 nitrogen and oxygen atoms in total. The summed E-state index contributed by atoms with van der Waals surface area (Å²) in [4.78, 5) is 8.98. The van der Waals surface area contributed by atoms with Gasteiger partial charge in [0.1, 0.15) is 12.3 Å². The van der Waals surface area contributed by atoms with Crippen LogP contribution in [0.2, 0.25) is 0 Å². The molecule has 0 bridgehead atoms. The number of anilines is 1. The third-order valence-corrected chi connectivity index (χ3v) is 4.43. The highest BCUT2D eigenvalue weighted by Crippen LogP contribution is 2.22. The number of aliphatic imine (C=N–C) groups is 1. The lowest BCUT2D eigenvalue weighted by Gasteiger charge is -2.25. The van der Waals surface area contributed by atoms with Crippen LogP contribution in [0.3, 0.4) is 0 Å². The molecule has 0 fully saturated rings. The largest absolute Gasteiger partial charge is 0.443 e. The molecular formula is C22H36IN5O. The highest BCUT2D eigenvalue weighted by molar-refractivity contribution is 14.0. The van der Waals surface area contributed by atoms with E-state index in [1.54, 1.807) is 6.20 Å². The maximum atomic E-state index is 5.83. The Labute approximate surface area is 192 Å². The topological polar surface area (TPSA) is 74.5 Å². The predicted octanol–water partition coefficient (Wildman–Crippen LogP) is 4.78. The van der Waals surface area contributed by atoms with Gasteiger partial charge in [-0.2, -0.15) is 0 Å². The normalized spacial score (nSPS) is 13.0. The smallest absolute Gasteiger partial charge is 0.216 e. The van der Waals surface area contributed by atoms with Crippen molar-refractivity contribution < 1.29 is 4.42 Å². The van der Waals surface area contributed by atoms with Crippen molar-refractivity contribution in [2.45, 2.75) is 59.5 Å². The summed E-state index contributed by atoms with van der Waals surface area (Å²) in [7, 11) is 0. The number of para-hydroxylation sites is 1. The average Bonchev–Trinajstić information content (AvgIpc) is 3.13. The number of hydrogen-bond donors (Lipinski definition) is 3. The lowest BCUT2D eigenvalue weighted by atomic mass is 9.94. The van der Waals surface area contributed by atoms with Gasteiger partial charge in [0.15, 0.2) is 5.96 Å². The summed E-state index contributed by atoms with van der Waals surface area (Å²) in [6.07, 6.45) is 1.80. The van der Waals surface area contributed by atoms with Crippen LogP contribution in [0.4, 0.5) is 5.69 Å². The molecule has 2 aromatic rings. The second-order valence-corrected chi connectivity index (χ2v) is 8.31. The van der Waals surface area contributed by atoms with Crippen LogP contribution in [0.25, 0.3) is 0 Å². The fraction of sp³-hybridized carbons (Fsp3) is 0.545. The third-order valence-electron chi connectivity index (χ3n) is 4.43. The van der Waals surface area contributed by atoms with E-state index >= 15 is 0 Å². The minimum Gasteiger partial charge on any atom is -0.443 e. The van der Waals surface area contributed by atoms with Gasteiger partial charge >= 0.3 is 0 Å². The van der Waals surface area contributed by atoms with Crippen LogP contribution in [-0.4, -0.2) is 30.1 Å². The van der Waals surface area contributed by atoms with Crippen molar-refractivity contribution in [2.24, 2.45) is 10.9 Å². The van der Waals surface area contributed by atoms with E-state index in [0.717, 1.165) is 30.5 Å². The monoisotopic (exact) mass is 513 g/mol. The molecule has 29 heavy (non-hydrogen) atoms. The number of nitrogens with one attached hydrogen (secondary N) is 3. The van der Waals surface area contributed by atoms with E-state index in [9.17, 15) is 0 Å². The fourth-order valence-corrected chi connectivity index (χ4v) is 2.63. The molecule has 0 amide bonds. The van der Waals surface area contributed by atoms with Crippen molar-refractivity contribution in [1.29, 1.82) is 0 Å². The van der Waals surface area contributed by atoms with Crippen LogP contribution in [0.1, 0.15) is 53.2 Å². The molecule has 0 radical (unpaired) electrons. The summed E-state index contributed by atoms with van der Waals surface area (Å²) in [5.74, 6) is 2.74. The number of aromatic nitrogens is 1. The SMILES string of the molecule is CCNC(=NCc1ncc(C(C)(C)C)o1)NCC(Nc1ccccc1)C(C)C.I. The molecular weight excluding hydrogens is 477 g/mol. The Balaban J connectivity index is 0.00000420.